The van der Waals surface area contributed by atoms with E-state index in [1.54, 1.807) is 12.1 Å². The molecule has 0 bridgehead atoms. The zero-order valence-corrected chi connectivity index (χ0v) is 8.97. The second kappa shape index (κ2) is 5.90. The number of aromatic nitrogens is 1. The molecule has 1 rings (SSSR count). The van der Waals surface area contributed by atoms with Crippen molar-refractivity contribution in [2.24, 2.45) is 0 Å². The summed E-state index contributed by atoms with van der Waals surface area (Å²) in [5.74, 6) is 0.501. The number of aliphatic hydroxyl groups is 1. The van der Waals surface area contributed by atoms with E-state index in [1.165, 1.54) is 7.11 Å². The molecule has 0 fully saturated rings. The van der Waals surface area contributed by atoms with Gasteiger partial charge in [-0.1, -0.05) is 0 Å². The van der Waals surface area contributed by atoms with Crippen LogP contribution in [0.3, 0.4) is 0 Å². The maximum atomic E-state index is 9.39. The largest absolute Gasteiger partial charge is 0.396 e. The van der Waals surface area contributed by atoms with Crippen LogP contribution in [0.4, 0.5) is 11.5 Å². The fraction of sp³-hybridized carbons (Fsp3) is 0.400. The van der Waals surface area contributed by atoms with E-state index in [9.17, 15) is 5.11 Å². The number of hydrogen-bond acceptors (Lipinski definition) is 6. The lowest BCUT2D eigenvalue weighted by molar-refractivity contribution is 0.0727. The van der Waals surface area contributed by atoms with E-state index in [4.69, 9.17) is 15.7 Å². The van der Waals surface area contributed by atoms with E-state index in [0.717, 1.165) is 0 Å². The first kappa shape index (κ1) is 12.2. The normalized spacial score (nSPS) is 11.8. The van der Waals surface area contributed by atoms with Gasteiger partial charge in [-0.3, -0.25) is 0 Å². The first-order valence-corrected chi connectivity index (χ1v) is 4.75. The van der Waals surface area contributed by atoms with Crippen molar-refractivity contribution in [3.05, 3.63) is 17.8 Å². The van der Waals surface area contributed by atoms with Gasteiger partial charge in [0, 0.05) is 13.7 Å². The lowest BCUT2D eigenvalue weighted by Gasteiger charge is -2.11. The monoisotopic (exact) mass is 222 g/mol. The van der Waals surface area contributed by atoms with Crippen LogP contribution in [0.5, 0.6) is 0 Å². The molecular weight excluding hydrogens is 208 g/mol. The minimum absolute atomic E-state index is 0.172. The van der Waals surface area contributed by atoms with Crippen LogP contribution in [0.25, 0.3) is 0 Å². The van der Waals surface area contributed by atoms with Crippen molar-refractivity contribution in [3.8, 4) is 6.07 Å². The van der Waals surface area contributed by atoms with Gasteiger partial charge in [0.1, 0.15) is 11.9 Å². The van der Waals surface area contributed by atoms with E-state index in [-0.39, 0.29) is 12.3 Å². The number of nitrogens with zero attached hydrogens (tertiary/aromatic N) is 2. The summed E-state index contributed by atoms with van der Waals surface area (Å²) in [6, 6.07) is 5.13. The minimum Gasteiger partial charge on any atom is -0.396 e. The van der Waals surface area contributed by atoms with Gasteiger partial charge in [-0.15, -0.1) is 0 Å². The second-order valence-electron chi connectivity index (χ2n) is 3.24. The number of hydrogen-bond donors (Lipinski definition) is 3. The molecule has 1 heterocycles. The van der Waals surface area contributed by atoms with Crippen LogP contribution in [-0.2, 0) is 4.74 Å². The zero-order chi connectivity index (χ0) is 12.0. The average Bonchev–Trinajstić information content (AvgIpc) is 2.28. The summed E-state index contributed by atoms with van der Waals surface area (Å²) in [6.45, 7) is 0.544. The van der Waals surface area contributed by atoms with Crippen LogP contribution in [-0.4, -0.2) is 36.5 Å². The zero-order valence-electron chi connectivity index (χ0n) is 8.97. The third-order valence-corrected chi connectivity index (χ3v) is 1.91. The van der Waals surface area contributed by atoms with Crippen molar-refractivity contribution in [1.82, 2.24) is 4.98 Å². The van der Waals surface area contributed by atoms with Gasteiger partial charge in [0.25, 0.3) is 0 Å². The summed E-state index contributed by atoms with van der Waals surface area (Å²) in [6.07, 6.45) is -0.616. The molecule has 0 aromatic carbocycles. The number of anilines is 2. The predicted octanol–water partition coefficient (Wildman–Crippen LogP) is -0.0453. The Morgan fingerprint density at radius 2 is 2.44 bits per heavy atom. The average molecular weight is 222 g/mol. The summed E-state index contributed by atoms with van der Waals surface area (Å²) < 4.78 is 4.77. The van der Waals surface area contributed by atoms with Gasteiger partial charge in [0.05, 0.1) is 18.4 Å². The molecule has 0 spiro atoms. The Morgan fingerprint density at radius 1 is 1.69 bits per heavy atom. The Balaban J connectivity index is 2.58. The molecular formula is C10H14N4O2. The highest BCUT2D eigenvalue weighted by Gasteiger charge is 2.05. The first-order valence-electron chi connectivity index (χ1n) is 4.75. The van der Waals surface area contributed by atoms with Crippen molar-refractivity contribution in [3.63, 3.8) is 0 Å². The second-order valence-corrected chi connectivity index (χ2v) is 3.24. The van der Waals surface area contributed by atoms with Crippen LogP contribution in [0.1, 0.15) is 5.69 Å². The van der Waals surface area contributed by atoms with Gasteiger partial charge in [-0.2, -0.15) is 5.26 Å². The number of rotatable bonds is 5. The molecule has 0 saturated carbocycles. The molecule has 16 heavy (non-hydrogen) atoms. The number of nitrogen functional groups attached to an aromatic ring is 1. The molecule has 0 aliphatic carbocycles. The number of nitrogens with two attached hydrogens (primary N) is 1. The molecule has 6 nitrogen and oxygen atoms in total. The molecule has 0 amide bonds. The molecule has 1 aromatic heterocycles. The highest BCUT2D eigenvalue weighted by atomic mass is 16.5. The summed E-state index contributed by atoms with van der Waals surface area (Å²) >= 11 is 0. The Labute approximate surface area is 93.7 Å². The Morgan fingerprint density at radius 3 is 3.06 bits per heavy atom. The van der Waals surface area contributed by atoms with Gasteiger partial charge in [-0.05, 0) is 12.1 Å². The van der Waals surface area contributed by atoms with Crippen molar-refractivity contribution < 1.29 is 9.84 Å². The fourth-order valence-corrected chi connectivity index (χ4v) is 1.13. The number of aliphatic hydroxyl groups excluding tert-OH is 1. The van der Waals surface area contributed by atoms with Crippen LogP contribution >= 0.6 is 0 Å². The number of nitrogens with one attached hydrogen (secondary N) is 1. The molecule has 4 N–H and O–H groups in total. The maximum absolute atomic E-state index is 9.39. The first-order chi connectivity index (χ1) is 7.67. The van der Waals surface area contributed by atoms with Gasteiger partial charge < -0.3 is 20.9 Å². The quantitative estimate of drug-likeness (QED) is 0.645. The Bertz CT molecular complexity index is 389. The summed E-state index contributed by atoms with van der Waals surface area (Å²) in [4.78, 5) is 3.97. The third-order valence-electron chi connectivity index (χ3n) is 1.91. The topological polar surface area (TPSA) is 104 Å². The standard InChI is InChI=1S/C10H14N4O2/c1-16-6-7(15)5-13-10-3-2-8(12)9(4-11)14-10/h2-3,7,15H,5-6,12H2,1H3,(H,13,14). The summed E-state index contributed by atoms with van der Waals surface area (Å²) in [5, 5.41) is 21.0. The lowest BCUT2D eigenvalue weighted by atomic mass is 10.3. The van der Waals surface area contributed by atoms with Crippen molar-refractivity contribution in [2.45, 2.75) is 6.10 Å². The maximum Gasteiger partial charge on any atom is 0.165 e. The van der Waals surface area contributed by atoms with Gasteiger partial charge >= 0.3 is 0 Å². The van der Waals surface area contributed by atoms with E-state index in [1.807, 2.05) is 6.07 Å². The van der Waals surface area contributed by atoms with Crippen molar-refractivity contribution in [2.75, 3.05) is 31.3 Å². The summed E-state index contributed by atoms with van der Waals surface area (Å²) in [7, 11) is 1.51. The van der Waals surface area contributed by atoms with Crippen molar-refractivity contribution >= 4 is 11.5 Å². The van der Waals surface area contributed by atoms with E-state index in [0.29, 0.717) is 18.1 Å². The molecule has 0 radical (unpaired) electrons. The molecule has 0 aliphatic heterocycles. The highest BCUT2D eigenvalue weighted by molar-refractivity contribution is 5.54. The molecule has 1 aromatic rings. The van der Waals surface area contributed by atoms with Gasteiger partial charge in [0.15, 0.2) is 5.69 Å². The highest BCUT2D eigenvalue weighted by Crippen LogP contribution is 2.11. The molecule has 6 heteroatoms. The minimum atomic E-state index is -0.616. The molecule has 86 valence electrons. The Kier molecular flexibility index (Phi) is 4.51. The predicted molar refractivity (Wildman–Crippen MR) is 59.7 cm³/mol. The molecule has 0 saturated heterocycles. The summed E-state index contributed by atoms with van der Waals surface area (Å²) in [5.41, 5.74) is 6.03. The van der Waals surface area contributed by atoms with Crippen LogP contribution in [0.15, 0.2) is 12.1 Å². The third kappa shape index (κ3) is 3.38. The van der Waals surface area contributed by atoms with E-state index >= 15 is 0 Å². The number of pyridine rings is 1. The van der Waals surface area contributed by atoms with E-state index < -0.39 is 6.10 Å². The fourth-order valence-electron chi connectivity index (χ4n) is 1.13. The SMILES string of the molecule is COCC(O)CNc1ccc(N)c(C#N)n1. The van der Waals surface area contributed by atoms with E-state index in [2.05, 4.69) is 10.3 Å². The van der Waals surface area contributed by atoms with Crippen molar-refractivity contribution in [1.29, 1.82) is 5.26 Å². The van der Waals surface area contributed by atoms with Crippen LogP contribution < -0.4 is 11.1 Å². The van der Waals surface area contributed by atoms with Gasteiger partial charge in [0.2, 0.25) is 0 Å². The Hall–Kier alpha value is -1.84. The molecule has 1 atom stereocenters. The lowest BCUT2D eigenvalue weighted by Crippen LogP contribution is -2.24. The molecule has 1 unspecified atom stereocenters. The number of ether oxygens (including phenoxy) is 1. The van der Waals surface area contributed by atoms with Crippen LogP contribution in [0.2, 0.25) is 0 Å². The van der Waals surface area contributed by atoms with Gasteiger partial charge in [-0.25, -0.2) is 4.98 Å². The number of methoxy groups -OCH3 is 1. The smallest absolute Gasteiger partial charge is 0.165 e. The number of nitriles is 1. The van der Waals surface area contributed by atoms with Crippen LogP contribution in [0, 0.1) is 11.3 Å². The molecule has 0 aliphatic rings.